The zero-order valence-corrected chi connectivity index (χ0v) is 16.8. The molecule has 1 aliphatic rings. The number of benzene rings is 1. The minimum Gasteiger partial charge on any atom is -0.496 e. The van der Waals surface area contributed by atoms with Gasteiger partial charge in [0.1, 0.15) is 17.5 Å². The molecule has 0 bridgehead atoms. The van der Waals surface area contributed by atoms with Gasteiger partial charge < -0.3 is 29.4 Å². The fourth-order valence-electron chi connectivity index (χ4n) is 2.86. The minimum absolute atomic E-state index is 0.112. The largest absolute Gasteiger partial charge is 0.496 e. The molecule has 1 amide bonds. The highest BCUT2D eigenvalue weighted by atomic mass is 16.6. The SMILES string of the molecule is COC(=O)C1(C(O)c2ccc(OC)c(CNC(=O)OC(C)(C)C)c2)C=CCO1. The van der Waals surface area contributed by atoms with Gasteiger partial charge in [-0.1, -0.05) is 12.1 Å². The fraction of sp³-hybridized carbons (Fsp3) is 0.500. The number of aliphatic hydroxyl groups excluding tert-OH is 1. The van der Waals surface area contributed by atoms with Crippen LogP contribution in [0.5, 0.6) is 5.75 Å². The van der Waals surface area contributed by atoms with E-state index >= 15 is 0 Å². The summed E-state index contributed by atoms with van der Waals surface area (Å²) >= 11 is 0. The topological polar surface area (TPSA) is 103 Å². The van der Waals surface area contributed by atoms with Gasteiger partial charge >= 0.3 is 12.1 Å². The lowest BCUT2D eigenvalue weighted by Gasteiger charge is -2.30. The molecule has 0 saturated carbocycles. The molecule has 1 heterocycles. The zero-order valence-electron chi connectivity index (χ0n) is 16.8. The van der Waals surface area contributed by atoms with Crippen LogP contribution in [0.3, 0.4) is 0 Å². The van der Waals surface area contributed by atoms with Crippen LogP contribution in [0, 0.1) is 0 Å². The summed E-state index contributed by atoms with van der Waals surface area (Å²) in [6, 6.07) is 4.91. The normalized spacial score (nSPS) is 19.8. The van der Waals surface area contributed by atoms with E-state index in [-0.39, 0.29) is 13.2 Å². The number of alkyl carbamates (subject to hydrolysis) is 1. The van der Waals surface area contributed by atoms with Gasteiger partial charge in [0, 0.05) is 12.1 Å². The highest BCUT2D eigenvalue weighted by molar-refractivity contribution is 5.84. The molecule has 1 aliphatic heterocycles. The molecular formula is C20H27NO7. The van der Waals surface area contributed by atoms with Crippen molar-refractivity contribution in [2.75, 3.05) is 20.8 Å². The molecular weight excluding hydrogens is 366 g/mol. The number of esters is 1. The van der Waals surface area contributed by atoms with E-state index in [9.17, 15) is 14.7 Å². The third-order valence-electron chi connectivity index (χ3n) is 4.14. The van der Waals surface area contributed by atoms with E-state index in [0.717, 1.165) is 0 Å². The number of carbonyl (C=O) groups excluding carboxylic acids is 2. The number of hydrogen-bond donors (Lipinski definition) is 2. The van der Waals surface area contributed by atoms with Gasteiger partial charge in [-0.25, -0.2) is 9.59 Å². The van der Waals surface area contributed by atoms with Gasteiger partial charge in [0.05, 0.1) is 20.8 Å². The molecule has 8 nitrogen and oxygen atoms in total. The Bertz CT molecular complexity index is 753. The van der Waals surface area contributed by atoms with Crippen molar-refractivity contribution in [2.24, 2.45) is 0 Å². The predicted molar refractivity (Wildman–Crippen MR) is 101 cm³/mol. The van der Waals surface area contributed by atoms with Gasteiger partial charge in [-0.15, -0.1) is 0 Å². The maximum absolute atomic E-state index is 12.3. The van der Waals surface area contributed by atoms with E-state index in [1.807, 2.05) is 0 Å². The van der Waals surface area contributed by atoms with E-state index in [2.05, 4.69) is 5.32 Å². The number of aliphatic hydroxyl groups is 1. The maximum atomic E-state index is 12.3. The van der Waals surface area contributed by atoms with Crippen molar-refractivity contribution in [1.82, 2.24) is 5.32 Å². The summed E-state index contributed by atoms with van der Waals surface area (Å²) in [5, 5.41) is 13.5. The van der Waals surface area contributed by atoms with E-state index < -0.39 is 29.4 Å². The van der Waals surface area contributed by atoms with Crippen LogP contribution >= 0.6 is 0 Å². The third kappa shape index (κ3) is 4.82. The number of carbonyl (C=O) groups is 2. The predicted octanol–water partition coefficient (Wildman–Crippen LogP) is 2.25. The Balaban J connectivity index is 2.25. The van der Waals surface area contributed by atoms with Crippen LogP contribution in [0.4, 0.5) is 4.79 Å². The van der Waals surface area contributed by atoms with Crippen molar-refractivity contribution in [2.45, 2.75) is 44.6 Å². The average Bonchev–Trinajstić information content (AvgIpc) is 3.14. The number of amides is 1. The van der Waals surface area contributed by atoms with Gasteiger partial charge in [0.15, 0.2) is 0 Å². The van der Waals surface area contributed by atoms with Crippen molar-refractivity contribution in [1.29, 1.82) is 0 Å². The second-order valence-electron chi connectivity index (χ2n) is 7.33. The van der Waals surface area contributed by atoms with Crippen molar-refractivity contribution >= 4 is 12.1 Å². The number of hydrogen-bond acceptors (Lipinski definition) is 7. The Hall–Kier alpha value is -2.58. The third-order valence-corrected chi connectivity index (χ3v) is 4.14. The number of methoxy groups -OCH3 is 2. The molecule has 1 aromatic rings. The number of nitrogens with one attached hydrogen (secondary N) is 1. The van der Waals surface area contributed by atoms with Gasteiger partial charge in [-0.3, -0.25) is 0 Å². The number of rotatable bonds is 6. The molecule has 0 fully saturated rings. The lowest BCUT2D eigenvalue weighted by molar-refractivity contribution is -0.172. The van der Waals surface area contributed by atoms with E-state index in [1.54, 1.807) is 45.0 Å². The van der Waals surface area contributed by atoms with Crippen LogP contribution in [0.1, 0.15) is 38.0 Å². The highest BCUT2D eigenvalue weighted by Gasteiger charge is 2.48. The first kappa shape index (κ1) is 21.7. The van der Waals surface area contributed by atoms with Crippen LogP contribution in [0.25, 0.3) is 0 Å². The van der Waals surface area contributed by atoms with E-state index in [1.165, 1.54) is 20.3 Å². The lowest BCUT2D eigenvalue weighted by atomic mass is 9.90. The maximum Gasteiger partial charge on any atom is 0.407 e. The van der Waals surface area contributed by atoms with Gasteiger partial charge in [0.25, 0.3) is 0 Å². The standard InChI is InChI=1S/C20H27NO7/c1-19(2,3)28-18(24)21-12-14-11-13(7-8-15(14)25-4)16(22)20(17(23)26-5)9-6-10-27-20/h6-9,11,16,22H,10,12H2,1-5H3,(H,21,24). The van der Waals surface area contributed by atoms with Gasteiger partial charge in [-0.2, -0.15) is 0 Å². The zero-order chi connectivity index (χ0) is 20.9. The van der Waals surface area contributed by atoms with Crippen molar-refractivity contribution in [3.05, 3.63) is 41.5 Å². The Morgan fingerprint density at radius 2 is 2.04 bits per heavy atom. The summed E-state index contributed by atoms with van der Waals surface area (Å²) in [5.74, 6) is -0.181. The molecule has 8 heteroatoms. The summed E-state index contributed by atoms with van der Waals surface area (Å²) in [4.78, 5) is 24.2. The molecule has 2 unspecified atom stereocenters. The van der Waals surface area contributed by atoms with Crippen molar-refractivity contribution in [3.63, 3.8) is 0 Å². The summed E-state index contributed by atoms with van der Waals surface area (Å²) in [5.41, 5.74) is -1.21. The highest BCUT2D eigenvalue weighted by Crippen LogP contribution is 2.36. The molecule has 1 aromatic carbocycles. The van der Waals surface area contributed by atoms with Crippen LogP contribution in [-0.2, 0) is 25.5 Å². The molecule has 0 aliphatic carbocycles. The van der Waals surface area contributed by atoms with Gasteiger partial charge in [-0.05, 0) is 44.5 Å². The molecule has 28 heavy (non-hydrogen) atoms. The molecule has 0 spiro atoms. The van der Waals surface area contributed by atoms with Crippen molar-refractivity contribution < 1.29 is 33.6 Å². The van der Waals surface area contributed by atoms with Gasteiger partial charge in [0.2, 0.25) is 5.60 Å². The van der Waals surface area contributed by atoms with E-state index in [4.69, 9.17) is 18.9 Å². The average molecular weight is 393 g/mol. The molecule has 0 saturated heterocycles. The van der Waals surface area contributed by atoms with Crippen LogP contribution in [0.2, 0.25) is 0 Å². The number of ether oxygens (including phenoxy) is 4. The second-order valence-corrected chi connectivity index (χ2v) is 7.33. The van der Waals surface area contributed by atoms with Crippen LogP contribution < -0.4 is 10.1 Å². The summed E-state index contributed by atoms with van der Waals surface area (Å²) < 4.78 is 20.9. The van der Waals surface area contributed by atoms with Crippen molar-refractivity contribution in [3.8, 4) is 5.75 Å². The Morgan fingerprint density at radius 3 is 2.57 bits per heavy atom. The quantitative estimate of drug-likeness (QED) is 0.564. The second kappa shape index (κ2) is 8.62. The molecule has 0 aromatic heterocycles. The lowest BCUT2D eigenvalue weighted by Crippen LogP contribution is -2.44. The van der Waals surface area contributed by atoms with Crippen LogP contribution in [-0.4, -0.2) is 49.2 Å². The first-order valence-electron chi connectivity index (χ1n) is 8.84. The molecule has 2 N–H and O–H groups in total. The Labute approximate surface area is 164 Å². The molecule has 154 valence electrons. The smallest absolute Gasteiger partial charge is 0.407 e. The molecule has 2 atom stereocenters. The summed E-state index contributed by atoms with van der Waals surface area (Å²) in [6.45, 7) is 5.61. The monoisotopic (exact) mass is 393 g/mol. The Morgan fingerprint density at radius 1 is 1.32 bits per heavy atom. The summed E-state index contributed by atoms with van der Waals surface area (Å²) in [6.07, 6.45) is 1.26. The first-order chi connectivity index (χ1) is 13.1. The minimum atomic E-state index is -1.61. The molecule has 2 rings (SSSR count). The Kier molecular flexibility index (Phi) is 6.69. The summed E-state index contributed by atoms with van der Waals surface area (Å²) in [7, 11) is 2.73. The van der Waals surface area contributed by atoms with Crippen LogP contribution in [0.15, 0.2) is 30.4 Å². The molecule has 0 radical (unpaired) electrons. The first-order valence-corrected chi connectivity index (χ1v) is 8.84. The van der Waals surface area contributed by atoms with E-state index in [0.29, 0.717) is 16.9 Å². The fourth-order valence-corrected chi connectivity index (χ4v) is 2.86.